The number of rotatable bonds is 6. The van der Waals surface area contributed by atoms with Gasteiger partial charge in [0.05, 0.1) is 23.1 Å². The van der Waals surface area contributed by atoms with E-state index in [4.69, 9.17) is 10.5 Å². The van der Waals surface area contributed by atoms with Crippen molar-refractivity contribution in [1.82, 2.24) is 9.47 Å². The molecular formula is C26H22N4O7S2. The van der Waals surface area contributed by atoms with Crippen LogP contribution in [0.1, 0.15) is 33.6 Å². The van der Waals surface area contributed by atoms with E-state index in [0.717, 1.165) is 23.1 Å². The molecule has 39 heavy (non-hydrogen) atoms. The number of esters is 1. The van der Waals surface area contributed by atoms with E-state index in [2.05, 4.69) is 5.32 Å². The van der Waals surface area contributed by atoms with Gasteiger partial charge in [-0.15, -0.1) is 0 Å². The van der Waals surface area contributed by atoms with Crippen molar-refractivity contribution in [1.29, 1.82) is 0 Å². The maximum absolute atomic E-state index is 13.2. The number of primary amides is 1. The van der Waals surface area contributed by atoms with Gasteiger partial charge in [0.25, 0.3) is 5.91 Å². The summed E-state index contributed by atoms with van der Waals surface area (Å²) in [5, 5.41) is 2.10. The van der Waals surface area contributed by atoms with Crippen LogP contribution in [0.4, 0.5) is 10.5 Å². The summed E-state index contributed by atoms with van der Waals surface area (Å²) in [6.45, 7) is 1.59. The Morgan fingerprint density at radius 3 is 2.33 bits per heavy atom. The van der Waals surface area contributed by atoms with E-state index in [0.29, 0.717) is 31.6 Å². The van der Waals surface area contributed by atoms with E-state index >= 15 is 0 Å². The SMILES string of the molecule is CCOC(=O)c1ccc(NC(=O)Cn2c3c(sc2=O)C(c2ccccc2)C2C(=O)N(C(N)=O)C(=O)C2S3)cc1. The van der Waals surface area contributed by atoms with Crippen molar-refractivity contribution in [3.63, 3.8) is 0 Å². The fraction of sp³-hybridized carbons (Fsp3) is 0.231. The molecule has 2 aromatic carbocycles. The van der Waals surface area contributed by atoms with Crippen molar-refractivity contribution < 1.29 is 28.7 Å². The maximum Gasteiger partial charge on any atom is 0.338 e. The Kier molecular flexibility index (Phi) is 7.10. The largest absolute Gasteiger partial charge is 0.462 e. The van der Waals surface area contributed by atoms with E-state index in [1.807, 2.05) is 0 Å². The summed E-state index contributed by atoms with van der Waals surface area (Å²) in [4.78, 5) is 76.6. The Morgan fingerprint density at radius 2 is 1.69 bits per heavy atom. The van der Waals surface area contributed by atoms with Gasteiger partial charge in [-0.25, -0.2) is 9.59 Å². The van der Waals surface area contributed by atoms with Crippen molar-refractivity contribution in [2.24, 2.45) is 11.7 Å². The zero-order valence-corrected chi connectivity index (χ0v) is 22.1. The van der Waals surface area contributed by atoms with Gasteiger partial charge < -0.3 is 15.8 Å². The van der Waals surface area contributed by atoms with Gasteiger partial charge in [0.2, 0.25) is 11.8 Å². The van der Waals surface area contributed by atoms with Crippen LogP contribution in [0.25, 0.3) is 0 Å². The van der Waals surface area contributed by atoms with Gasteiger partial charge in [-0.2, -0.15) is 4.90 Å². The zero-order valence-electron chi connectivity index (χ0n) is 20.5. The van der Waals surface area contributed by atoms with Crippen LogP contribution in [0, 0.1) is 5.92 Å². The minimum absolute atomic E-state index is 0.238. The predicted molar refractivity (Wildman–Crippen MR) is 142 cm³/mol. The lowest BCUT2D eigenvalue weighted by Gasteiger charge is -2.30. The van der Waals surface area contributed by atoms with Crippen molar-refractivity contribution in [3.8, 4) is 0 Å². The summed E-state index contributed by atoms with van der Waals surface area (Å²) in [5.74, 6) is -4.04. The van der Waals surface area contributed by atoms with Gasteiger partial charge >= 0.3 is 16.9 Å². The lowest BCUT2D eigenvalue weighted by atomic mass is 9.83. The van der Waals surface area contributed by atoms with Crippen LogP contribution in [-0.4, -0.2) is 51.0 Å². The fourth-order valence-electron chi connectivity index (χ4n) is 4.74. The molecule has 5 rings (SSSR count). The molecule has 2 aliphatic rings. The Morgan fingerprint density at radius 1 is 1.00 bits per heavy atom. The van der Waals surface area contributed by atoms with E-state index < -0.39 is 51.7 Å². The van der Waals surface area contributed by atoms with Crippen molar-refractivity contribution in [2.45, 2.75) is 29.7 Å². The lowest BCUT2D eigenvalue weighted by molar-refractivity contribution is -0.135. The Labute approximate surface area is 229 Å². The number of thiazole rings is 1. The van der Waals surface area contributed by atoms with Gasteiger partial charge in [0.1, 0.15) is 11.8 Å². The number of amides is 5. The molecule has 3 atom stereocenters. The molecule has 2 aliphatic heterocycles. The number of carbonyl (C=O) groups excluding carboxylic acids is 5. The van der Waals surface area contributed by atoms with Crippen LogP contribution in [0.2, 0.25) is 0 Å². The third-order valence-electron chi connectivity index (χ3n) is 6.41. The van der Waals surface area contributed by atoms with Gasteiger partial charge in [0.15, 0.2) is 0 Å². The number of benzene rings is 2. The highest BCUT2D eigenvalue weighted by molar-refractivity contribution is 8.00. The van der Waals surface area contributed by atoms with Crippen LogP contribution in [0.5, 0.6) is 0 Å². The smallest absolute Gasteiger partial charge is 0.338 e. The summed E-state index contributed by atoms with van der Waals surface area (Å²) in [5.41, 5.74) is 6.77. The number of aromatic nitrogens is 1. The average Bonchev–Trinajstić information content (AvgIpc) is 3.35. The predicted octanol–water partition coefficient (Wildman–Crippen LogP) is 2.40. The first-order valence-electron chi connectivity index (χ1n) is 11.9. The topological polar surface area (TPSA) is 158 Å². The highest BCUT2D eigenvalue weighted by Crippen LogP contribution is 2.53. The van der Waals surface area contributed by atoms with Crippen LogP contribution < -0.4 is 15.9 Å². The highest BCUT2D eigenvalue weighted by atomic mass is 32.2. The molecule has 3 heterocycles. The zero-order chi connectivity index (χ0) is 27.8. The van der Waals surface area contributed by atoms with E-state index in [9.17, 15) is 28.8 Å². The molecule has 0 radical (unpaired) electrons. The van der Waals surface area contributed by atoms with Gasteiger partial charge in [-0.05, 0) is 36.8 Å². The molecule has 5 amide bonds. The van der Waals surface area contributed by atoms with Crippen molar-refractivity contribution >= 4 is 58.5 Å². The number of carbonyl (C=O) groups is 5. The van der Waals surface area contributed by atoms with Crippen LogP contribution in [0.15, 0.2) is 64.4 Å². The van der Waals surface area contributed by atoms with Gasteiger partial charge in [-0.1, -0.05) is 53.4 Å². The lowest BCUT2D eigenvalue weighted by Crippen LogP contribution is -2.41. The number of nitrogens with zero attached hydrogens (tertiary/aromatic N) is 2. The minimum Gasteiger partial charge on any atom is -0.462 e. The van der Waals surface area contributed by atoms with E-state index in [-0.39, 0.29) is 13.2 Å². The second kappa shape index (κ2) is 10.5. The summed E-state index contributed by atoms with van der Waals surface area (Å²) in [7, 11) is 0. The Balaban J connectivity index is 1.45. The molecule has 0 bridgehead atoms. The number of nitrogens with two attached hydrogens (primary N) is 1. The molecule has 200 valence electrons. The molecule has 11 nitrogen and oxygen atoms in total. The molecular weight excluding hydrogens is 544 g/mol. The maximum atomic E-state index is 13.2. The van der Waals surface area contributed by atoms with Crippen molar-refractivity contribution in [2.75, 3.05) is 11.9 Å². The summed E-state index contributed by atoms with van der Waals surface area (Å²) in [6, 6.07) is 13.9. The first kappa shape index (κ1) is 26.4. The Bertz CT molecular complexity index is 1550. The number of fused-ring (bicyclic) bond motifs is 2. The number of anilines is 1. The average molecular weight is 567 g/mol. The summed E-state index contributed by atoms with van der Waals surface area (Å²) in [6.07, 6.45) is 0. The number of hydrogen-bond donors (Lipinski definition) is 2. The second-order valence-corrected chi connectivity index (χ2v) is 10.9. The first-order chi connectivity index (χ1) is 18.7. The second-order valence-electron chi connectivity index (χ2n) is 8.77. The fourth-order valence-corrected chi connectivity index (χ4v) is 7.51. The number of thioether (sulfide) groups is 1. The third-order valence-corrected chi connectivity index (χ3v) is 9.01. The number of ether oxygens (including phenoxy) is 1. The standard InChI is InChI=1S/C26H22N4O7S2/c1-2-37-24(34)14-8-10-15(11-9-14)28-16(31)12-29-23-20(39-26(29)36)17(13-6-4-3-5-7-13)18-19(38-23)22(33)30(21(18)32)25(27)35/h3-11,17-19H,2,12H2,1H3,(H2,27,35)(H,28,31). The molecule has 3 unspecified atom stereocenters. The molecule has 0 spiro atoms. The summed E-state index contributed by atoms with van der Waals surface area (Å²) < 4.78 is 6.22. The number of urea groups is 1. The molecule has 1 aromatic heterocycles. The number of nitrogens with one attached hydrogen (secondary N) is 1. The van der Waals surface area contributed by atoms with Crippen molar-refractivity contribution in [3.05, 3.63) is 80.3 Å². The quantitative estimate of drug-likeness (QED) is 0.340. The normalized spacial score (nSPS) is 19.8. The number of hydrogen-bond acceptors (Lipinski definition) is 9. The molecule has 0 aliphatic carbocycles. The molecule has 3 N–H and O–H groups in total. The molecule has 1 fully saturated rings. The van der Waals surface area contributed by atoms with Gasteiger partial charge in [-0.3, -0.25) is 23.7 Å². The molecule has 1 saturated heterocycles. The van der Waals surface area contributed by atoms with E-state index in [1.165, 1.54) is 16.7 Å². The van der Waals surface area contributed by atoms with Crippen LogP contribution in [-0.2, 0) is 25.7 Å². The molecule has 3 aromatic rings. The van der Waals surface area contributed by atoms with Crippen LogP contribution in [0.3, 0.4) is 0 Å². The minimum atomic E-state index is -1.15. The van der Waals surface area contributed by atoms with E-state index in [1.54, 1.807) is 49.4 Å². The number of likely N-dealkylation sites (tertiary alicyclic amines) is 1. The molecule has 13 heteroatoms. The first-order valence-corrected chi connectivity index (χ1v) is 13.6. The monoisotopic (exact) mass is 566 g/mol. The highest BCUT2D eigenvalue weighted by Gasteiger charge is 2.57. The Hall–Kier alpha value is -4.23. The molecule has 0 saturated carbocycles. The third kappa shape index (κ3) is 4.74. The van der Waals surface area contributed by atoms with Crippen LogP contribution >= 0.6 is 23.1 Å². The summed E-state index contributed by atoms with van der Waals surface area (Å²) >= 11 is 1.88. The number of imide groups is 3. The van der Waals surface area contributed by atoms with Gasteiger partial charge in [0, 0.05) is 16.5 Å².